The van der Waals surface area contributed by atoms with Gasteiger partial charge in [0, 0.05) is 50.5 Å². The minimum atomic E-state index is 0.210. The van der Waals surface area contributed by atoms with Crippen LogP contribution in [0.2, 0.25) is 0 Å². The largest absolute Gasteiger partial charge is 0.378 e. The van der Waals surface area contributed by atoms with Crippen LogP contribution < -0.4 is 26.4 Å². The van der Waals surface area contributed by atoms with Crippen molar-refractivity contribution < 1.29 is 0 Å². The zero-order valence-electron chi connectivity index (χ0n) is 21.8. The van der Waals surface area contributed by atoms with Gasteiger partial charge in [0.15, 0.2) is 0 Å². The highest BCUT2D eigenvalue weighted by Gasteiger charge is 2.23. The molecule has 1 aliphatic rings. The molecule has 1 saturated heterocycles. The molecule has 190 valence electrons. The van der Waals surface area contributed by atoms with Crippen LogP contribution >= 0.6 is 0 Å². The predicted octanol–water partition coefficient (Wildman–Crippen LogP) is 4.21. The second-order valence-electron chi connectivity index (χ2n) is 10.1. The van der Waals surface area contributed by atoms with Gasteiger partial charge in [-0.05, 0) is 64.6 Å². The molecule has 0 amide bonds. The van der Waals surface area contributed by atoms with E-state index in [-0.39, 0.29) is 6.04 Å². The lowest BCUT2D eigenvalue weighted by Gasteiger charge is -2.37. The van der Waals surface area contributed by atoms with E-state index in [0.29, 0.717) is 5.92 Å². The maximum absolute atomic E-state index is 6.31. The fourth-order valence-electron chi connectivity index (χ4n) is 5.15. The van der Waals surface area contributed by atoms with Gasteiger partial charge < -0.3 is 20.4 Å². The summed E-state index contributed by atoms with van der Waals surface area (Å²) in [5.74, 6) is 0.585. The molecule has 0 radical (unpaired) electrons. The summed E-state index contributed by atoms with van der Waals surface area (Å²) in [7, 11) is 0. The zero-order chi connectivity index (χ0) is 25.8. The topological polar surface area (TPSA) is 71.5 Å². The quantitative estimate of drug-likeness (QED) is 0.404. The molecule has 0 aliphatic carbocycles. The summed E-state index contributed by atoms with van der Waals surface area (Å²) in [6, 6.07) is 13.0. The van der Waals surface area contributed by atoms with Gasteiger partial charge >= 0.3 is 0 Å². The van der Waals surface area contributed by atoms with Gasteiger partial charge in [0.05, 0.1) is 17.6 Å². The van der Waals surface area contributed by atoms with Crippen LogP contribution in [0.1, 0.15) is 26.7 Å². The molecule has 1 aliphatic heterocycles. The lowest BCUT2D eigenvalue weighted by atomic mass is 9.96. The first-order valence-corrected chi connectivity index (χ1v) is 13.1. The summed E-state index contributed by atoms with van der Waals surface area (Å²) in [6.45, 7) is 11.4. The molecule has 3 N–H and O–H groups in total. The molecule has 6 nitrogen and oxygen atoms in total. The average Bonchev–Trinajstić information content (AvgIpc) is 3.37. The molecule has 0 saturated carbocycles. The summed E-state index contributed by atoms with van der Waals surface area (Å²) in [4.78, 5) is 11.2. The van der Waals surface area contributed by atoms with Crippen molar-refractivity contribution in [1.29, 1.82) is 0 Å². The van der Waals surface area contributed by atoms with Gasteiger partial charge in [0.2, 0.25) is 0 Å². The molecule has 6 heteroatoms. The number of benzene rings is 1. The molecule has 0 bridgehead atoms. The third kappa shape index (κ3) is 5.75. The Bertz CT molecular complexity index is 1510. The monoisotopic (exact) mass is 492 g/mol. The van der Waals surface area contributed by atoms with Crippen molar-refractivity contribution in [2.75, 3.05) is 29.9 Å². The smallest absolute Gasteiger partial charge is 0.137 e. The van der Waals surface area contributed by atoms with Crippen LogP contribution in [0.25, 0.3) is 29.4 Å². The number of hydrogen-bond donors (Lipinski definition) is 2. The van der Waals surface area contributed by atoms with E-state index in [2.05, 4.69) is 89.2 Å². The fraction of sp³-hybridized carbons (Fsp3) is 0.290. The summed E-state index contributed by atoms with van der Waals surface area (Å²) in [6.07, 6.45) is 16.0. The molecule has 4 heterocycles. The summed E-state index contributed by atoms with van der Waals surface area (Å²) in [5.41, 5.74) is 13.1. The van der Waals surface area contributed by atoms with Gasteiger partial charge in [0.25, 0.3) is 0 Å². The first kappa shape index (κ1) is 24.8. The molecule has 1 fully saturated rings. The normalized spacial score (nSPS) is 18.9. The van der Waals surface area contributed by atoms with Gasteiger partial charge in [-0.3, -0.25) is 4.98 Å². The van der Waals surface area contributed by atoms with E-state index in [0.717, 1.165) is 65.4 Å². The lowest BCUT2D eigenvalue weighted by Crippen LogP contribution is -2.46. The summed E-state index contributed by atoms with van der Waals surface area (Å²) >= 11 is 0. The Morgan fingerprint density at radius 3 is 2.81 bits per heavy atom. The minimum Gasteiger partial charge on any atom is -0.378 e. The highest BCUT2D eigenvalue weighted by atomic mass is 15.2. The number of rotatable bonds is 7. The highest BCUT2D eigenvalue weighted by Crippen LogP contribution is 2.29. The standard InChI is InChI=1S/C31H36N6/c1-4-24(18-35-29-19-33-11-9-30(29)37-20-22(2)15-28(32)21-37)5-6-25-7-8-26(16-23(25)3)27-10-13-36-14-12-34-31(36)17-27/h5-14,16-17,19,22,28,35H,3-4,15,18,20-21,32H2,1-2H3/b24-5+,25-6-. The molecule has 0 spiro atoms. The zero-order valence-corrected chi connectivity index (χ0v) is 21.8. The van der Waals surface area contributed by atoms with Crippen LogP contribution in [0, 0.1) is 5.92 Å². The van der Waals surface area contributed by atoms with Crippen LogP contribution in [0.5, 0.6) is 0 Å². The molecular weight excluding hydrogens is 456 g/mol. The number of aromatic nitrogens is 3. The van der Waals surface area contributed by atoms with Gasteiger partial charge in [0.1, 0.15) is 5.65 Å². The van der Waals surface area contributed by atoms with Crippen LogP contribution in [0.3, 0.4) is 0 Å². The number of nitrogens with zero attached hydrogens (tertiary/aromatic N) is 4. The Morgan fingerprint density at radius 1 is 1.14 bits per heavy atom. The molecule has 2 atom stereocenters. The summed E-state index contributed by atoms with van der Waals surface area (Å²) in [5, 5.41) is 5.75. The molecule has 1 aromatic carbocycles. The second kappa shape index (κ2) is 11.0. The third-order valence-electron chi connectivity index (χ3n) is 7.16. The van der Waals surface area contributed by atoms with Gasteiger partial charge in [-0.2, -0.15) is 0 Å². The third-order valence-corrected chi connectivity index (χ3v) is 7.16. The molecule has 4 aromatic rings. The Morgan fingerprint density at radius 2 is 2.00 bits per heavy atom. The van der Waals surface area contributed by atoms with Gasteiger partial charge in [-0.15, -0.1) is 0 Å². The van der Waals surface area contributed by atoms with Crippen molar-refractivity contribution in [1.82, 2.24) is 14.4 Å². The van der Waals surface area contributed by atoms with Crippen LogP contribution in [0.15, 0.2) is 79.0 Å². The maximum Gasteiger partial charge on any atom is 0.137 e. The Kier molecular flexibility index (Phi) is 7.37. The van der Waals surface area contributed by atoms with Crippen molar-refractivity contribution in [2.24, 2.45) is 11.7 Å². The summed E-state index contributed by atoms with van der Waals surface area (Å²) < 4.78 is 2.01. The number of pyridine rings is 2. The van der Waals surface area contributed by atoms with E-state index >= 15 is 0 Å². The number of anilines is 2. The van der Waals surface area contributed by atoms with Gasteiger partial charge in [-0.1, -0.05) is 50.3 Å². The molecule has 37 heavy (non-hydrogen) atoms. The van der Waals surface area contributed by atoms with E-state index in [1.54, 1.807) is 0 Å². The number of imidazole rings is 1. The minimum absolute atomic E-state index is 0.210. The average molecular weight is 493 g/mol. The predicted molar refractivity (Wildman–Crippen MR) is 155 cm³/mol. The Hall–Kier alpha value is -3.90. The molecule has 3 aromatic heterocycles. The molecule has 5 rings (SSSR count). The van der Waals surface area contributed by atoms with E-state index in [1.807, 2.05) is 35.4 Å². The number of allylic oxidation sites excluding steroid dienone is 1. The van der Waals surface area contributed by atoms with Crippen LogP contribution in [-0.2, 0) is 0 Å². The van der Waals surface area contributed by atoms with E-state index in [9.17, 15) is 0 Å². The van der Waals surface area contributed by atoms with Crippen molar-refractivity contribution in [2.45, 2.75) is 32.7 Å². The van der Waals surface area contributed by atoms with Crippen molar-refractivity contribution in [3.8, 4) is 11.1 Å². The molecule has 2 unspecified atom stereocenters. The van der Waals surface area contributed by atoms with E-state index in [1.165, 1.54) is 11.3 Å². The first-order valence-electron chi connectivity index (χ1n) is 13.1. The highest BCUT2D eigenvalue weighted by molar-refractivity contribution is 5.70. The lowest BCUT2D eigenvalue weighted by molar-refractivity contribution is 0.402. The second-order valence-corrected chi connectivity index (χ2v) is 10.1. The fourth-order valence-corrected chi connectivity index (χ4v) is 5.15. The molecular formula is C31H36N6. The number of nitrogens with one attached hydrogen (secondary N) is 1. The van der Waals surface area contributed by atoms with Crippen molar-refractivity contribution in [3.63, 3.8) is 0 Å². The van der Waals surface area contributed by atoms with Crippen molar-refractivity contribution in [3.05, 3.63) is 89.5 Å². The Balaban J connectivity index is 1.32. The van der Waals surface area contributed by atoms with E-state index in [4.69, 9.17) is 5.73 Å². The number of hydrogen-bond acceptors (Lipinski definition) is 5. The van der Waals surface area contributed by atoms with Crippen LogP contribution in [-0.4, -0.2) is 40.0 Å². The Labute approximate surface area is 218 Å². The maximum atomic E-state index is 6.31. The first-order chi connectivity index (χ1) is 18.0. The SMILES string of the molecule is C=c1cc(-c2ccn3ccnc3c2)cc/c1=C/C=C(\CC)CNc1cnccc1N1CC(C)CC(N)C1. The number of piperidine rings is 1. The van der Waals surface area contributed by atoms with E-state index < -0.39 is 0 Å². The van der Waals surface area contributed by atoms with Crippen LogP contribution in [0.4, 0.5) is 11.4 Å². The number of nitrogens with two attached hydrogens (primary N) is 1. The van der Waals surface area contributed by atoms with Gasteiger partial charge in [-0.25, -0.2) is 4.98 Å². The van der Waals surface area contributed by atoms with Crippen molar-refractivity contribution >= 4 is 29.7 Å². The number of fused-ring (bicyclic) bond motifs is 1.